The third-order valence-electron chi connectivity index (χ3n) is 3.97. The Hall–Kier alpha value is -3.00. The minimum Gasteiger partial charge on any atom is -0.347 e. The highest BCUT2D eigenvalue weighted by molar-refractivity contribution is 9.10. The van der Waals surface area contributed by atoms with Gasteiger partial charge in [0, 0.05) is 28.6 Å². The molecule has 0 radical (unpaired) electrons. The monoisotopic (exact) mass is 442 g/mol. The molecule has 3 rings (SSSR count). The Balaban J connectivity index is 1.43. The molecule has 0 saturated carbocycles. The number of nitrogens with zero attached hydrogens (tertiary/aromatic N) is 2. The van der Waals surface area contributed by atoms with Gasteiger partial charge in [0.2, 0.25) is 23.5 Å². The second kappa shape index (κ2) is 9.27. The minimum atomic E-state index is -0.289. The van der Waals surface area contributed by atoms with E-state index in [9.17, 15) is 9.59 Å². The highest BCUT2D eigenvalue weighted by Gasteiger charge is 2.12. The summed E-state index contributed by atoms with van der Waals surface area (Å²) in [6, 6.07) is 15.0. The van der Waals surface area contributed by atoms with Gasteiger partial charge in [-0.1, -0.05) is 51.4 Å². The van der Waals surface area contributed by atoms with Gasteiger partial charge in [-0.15, -0.1) is 0 Å². The van der Waals surface area contributed by atoms with Crippen LogP contribution in [-0.4, -0.2) is 28.5 Å². The lowest BCUT2D eigenvalue weighted by molar-refractivity contribution is -0.124. The summed E-state index contributed by atoms with van der Waals surface area (Å²) in [4.78, 5) is 28.3. The molecular formula is C20H19BrN4O3. The molecule has 0 atom stereocenters. The van der Waals surface area contributed by atoms with E-state index < -0.39 is 0 Å². The number of halogens is 1. The van der Waals surface area contributed by atoms with Gasteiger partial charge in [0.1, 0.15) is 0 Å². The first-order valence-electron chi connectivity index (χ1n) is 8.72. The van der Waals surface area contributed by atoms with Crippen LogP contribution >= 0.6 is 15.9 Å². The van der Waals surface area contributed by atoms with Crippen molar-refractivity contribution in [2.24, 2.45) is 0 Å². The lowest BCUT2D eigenvalue weighted by Gasteiger charge is -2.09. The molecule has 1 heterocycles. The van der Waals surface area contributed by atoms with Crippen molar-refractivity contribution in [2.75, 3.05) is 11.9 Å². The van der Waals surface area contributed by atoms with Gasteiger partial charge in [-0.3, -0.25) is 9.59 Å². The van der Waals surface area contributed by atoms with E-state index in [-0.39, 0.29) is 24.8 Å². The lowest BCUT2D eigenvalue weighted by atomic mass is 10.2. The molecule has 28 heavy (non-hydrogen) atoms. The Morgan fingerprint density at radius 3 is 2.64 bits per heavy atom. The van der Waals surface area contributed by atoms with Crippen molar-refractivity contribution in [3.05, 3.63) is 64.5 Å². The molecule has 0 saturated heterocycles. The van der Waals surface area contributed by atoms with E-state index in [2.05, 4.69) is 36.7 Å². The van der Waals surface area contributed by atoms with Crippen molar-refractivity contribution in [2.45, 2.75) is 19.8 Å². The van der Waals surface area contributed by atoms with Crippen LogP contribution in [0.25, 0.3) is 11.4 Å². The Labute approximate surface area is 170 Å². The summed E-state index contributed by atoms with van der Waals surface area (Å²) >= 11 is 3.38. The maximum atomic E-state index is 12.0. The van der Waals surface area contributed by atoms with Crippen molar-refractivity contribution in [1.82, 2.24) is 15.5 Å². The van der Waals surface area contributed by atoms with Crippen molar-refractivity contribution in [3.8, 4) is 11.4 Å². The van der Waals surface area contributed by atoms with Gasteiger partial charge in [-0.05, 0) is 30.7 Å². The first-order chi connectivity index (χ1) is 13.5. The number of hydrogen-bond acceptors (Lipinski definition) is 5. The third-order valence-corrected chi connectivity index (χ3v) is 4.47. The fraction of sp³-hybridized carbons (Fsp3) is 0.200. The highest BCUT2D eigenvalue weighted by Crippen LogP contribution is 2.19. The maximum Gasteiger partial charge on any atom is 0.243 e. The summed E-state index contributed by atoms with van der Waals surface area (Å²) < 4.78 is 6.11. The van der Waals surface area contributed by atoms with E-state index >= 15 is 0 Å². The third kappa shape index (κ3) is 5.50. The van der Waals surface area contributed by atoms with Crippen LogP contribution in [0.1, 0.15) is 17.9 Å². The average Bonchev–Trinajstić information content (AvgIpc) is 3.17. The molecule has 1 aromatic heterocycles. The van der Waals surface area contributed by atoms with Crippen molar-refractivity contribution >= 4 is 33.4 Å². The maximum absolute atomic E-state index is 12.0. The molecule has 8 heteroatoms. The molecule has 0 aliphatic carbocycles. The molecular weight excluding hydrogens is 424 g/mol. The van der Waals surface area contributed by atoms with Gasteiger partial charge in [-0.25, -0.2) is 0 Å². The number of aryl methyl sites for hydroxylation is 2. The molecule has 2 N–H and O–H groups in total. The first-order valence-corrected chi connectivity index (χ1v) is 9.51. The van der Waals surface area contributed by atoms with Gasteiger partial charge >= 0.3 is 0 Å². The SMILES string of the molecule is Cc1cc(Br)ccc1NC(=O)CNC(=O)CCc1nc(-c2ccccc2)no1. The summed E-state index contributed by atoms with van der Waals surface area (Å²) in [6.45, 7) is 1.79. The average molecular weight is 443 g/mol. The summed E-state index contributed by atoms with van der Waals surface area (Å²) in [5.41, 5.74) is 2.49. The van der Waals surface area contributed by atoms with Crippen LogP contribution in [0.5, 0.6) is 0 Å². The number of hydrogen-bond donors (Lipinski definition) is 2. The van der Waals surface area contributed by atoms with Crippen molar-refractivity contribution in [1.29, 1.82) is 0 Å². The van der Waals surface area contributed by atoms with Gasteiger partial charge in [0.15, 0.2) is 0 Å². The predicted octanol–water partition coefficient (Wildman–Crippen LogP) is 3.50. The van der Waals surface area contributed by atoms with E-state index in [1.807, 2.05) is 49.4 Å². The number of anilines is 1. The smallest absolute Gasteiger partial charge is 0.243 e. The number of benzene rings is 2. The number of rotatable bonds is 7. The molecule has 3 aromatic rings. The molecule has 0 fully saturated rings. The summed E-state index contributed by atoms with van der Waals surface area (Å²) in [5.74, 6) is 0.314. The number of nitrogens with one attached hydrogen (secondary N) is 2. The zero-order chi connectivity index (χ0) is 19.9. The highest BCUT2D eigenvalue weighted by atomic mass is 79.9. The quantitative estimate of drug-likeness (QED) is 0.583. The fourth-order valence-corrected chi connectivity index (χ4v) is 2.99. The lowest BCUT2D eigenvalue weighted by Crippen LogP contribution is -2.33. The molecule has 0 aliphatic heterocycles. The van der Waals surface area contributed by atoms with Crippen LogP contribution < -0.4 is 10.6 Å². The number of carbonyl (C=O) groups is 2. The second-order valence-electron chi connectivity index (χ2n) is 6.16. The van der Waals surface area contributed by atoms with E-state index in [0.29, 0.717) is 23.8 Å². The number of amides is 2. The Kier molecular flexibility index (Phi) is 6.54. The van der Waals surface area contributed by atoms with Crippen LogP contribution in [0, 0.1) is 6.92 Å². The van der Waals surface area contributed by atoms with Crippen molar-refractivity contribution in [3.63, 3.8) is 0 Å². The van der Waals surface area contributed by atoms with Crippen LogP contribution in [0.2, 0.25) is 0 Å². The van der Waals surface area contributed by atoms with E-state index in [1.165, 1.54) is 0 Å². The molecule has 0 unspecified atom stereocenters. The molecule has 0 aliphatic rings. The number of aromatic nitrogens is 2. The Morgan fingerprint density at radius 2 is 1.89 bits per heavy atom. The Morgan fingerprint density at radius 1 is 1.11 bits per heavy atom. The van der Waals surface area contributed by atoms with Crippen LogP contribution in [0.4, 0.5) is 5.69 Å². The van der Waals surface area contributed by atoms with Crippen LogP contribution in [0.15, 0.2) is 57.5 Å². The van der Waals surface area contributed by atoms with E-state index in [1.54, 1.807) is 6.07 Å². The zero-order valence-corrected chi connectivity index (χ0v) is 16.8. The second-order valence-corrected chi connectivity index (χ2v) is 7.08. The van der Waals surface area contributed by atoms with Gasteiger partial charge in [-0.2, -0.15) is 4.98 Å². The molecule has 144 valence electrons. The zero-order valence-electron chi connectivity index (χ0n) is 15.2. The van der Waals surface area contributed by atoms with Crippen LogP contribution in [-0.2, 0) is 16.0 Å². The predicted molar refractivity (Wildman–Crippen MR) is 109 cm³/mol. The van der Waals surface area contributed by atoms with E-state index in [0.717, 1.165) is 15.6 Å². The van der Waals surface area contributed by atoms with Gasteiger partial charge in [0.25, 0.3) is 0 Å². The molecule has 2 aromatic carbocycles. The summed E-state index contributed by atoms with van der Waals surface area (Å²) in [7, 11) is 0. The summed E-state index contributed by atoms with van der Waals surface area (Å²) in [5, 5.41) is 9.28. The van der Waals surface area contributed by atoms with Crippen LogP contribution in [0.3, 0.4) is 0 Å². The normalized spacial score (nSPS) is 10.5. The minimum absolute atomic E-state index is 0.104. The van der Waals surface area contributed by atoms with Gasteiger partial charge in [0.05, 0.1) is 6.54 Å². The van der Waals surface area contributed by atoms with Crippen molar-refractivity contribution < 1.29 is 14.1 Å². The molecule has 2 amide bonds. The topological polar surface area (TPSA) is 97.1 Å². The van der Waals surface area contributed by atoms with Gasteiger partial charge < -0.3 is 15.2 Å². The fourth-order valence-electron chi connectivity index (χ4n) is 2.51. The first kappa shape index (κ1) is 19.8. The Bertz CT molecular complexity index is 973. The summed E-state index contributed by atoms with van der Waals surface area (Å²) in [6.07, 6.45) is 0.458. The molecule has 7 nitrogen and oxygen atoms in total. The molecule has 0 spiro atoms. The standard InChI is InChI=1S/C20H19BrN4O3/c1-13-11-15(21)7-8-16(13)23-18(27)12-22-17(26)9-10-19-24-20(25-28-19)14-5-3-2-4-6-14/h2-8,11H,9-10,12H2,1H3,(H,22,26)(H,23,27). The number of carbonyl (C=O) groups excluding carboxylic acids is 2. The van der Waals surface area contributed by atoms with E-state index in [4.69, 9.17) is 4.52 Å². The molecule has 0 bridgehead atoms. The largest absolute Gasteiger partial charge is 0.347 e.